The second kappa shape index (κ2) is 6.63. The summed E-state index contributed by atoms with van der Waals surface area (Å²) in [6.45, 7) is 0. The van der Waals surface area contributed by atoms with E-state index >= 15 is 0 Å². The Morgan fingerprint density at radius 1 is 1.05 bits per heavy atom. The smallest absolute Gasteiger partial charge is 0.165 e. The van der Waals surface area contributed by atoms with Crippen LogP contribution in [0, 0.1) is 17.5 Å². The standard InChI is InChI=1S/C16H16F3NO/c1-20-15(9-11-12(17)4-3-5-13(11)18)10-6-7-16(21-2)14(19)8-10/h3-8,15,20H,9H2,1-2H3. The molecular weight excluding hydrogens is 279 g/mol. The fraction of sp³-hybridized carbons (Fsp3) is 0.250. The first-order valence-electron chi connectivity index (χ1n) is 6.50. The number of methoxy groups -OCH3 is 1. The van der Waals surface area contributed by atoms with Crippen LogP contribution in [-0.4, -0.2) is 14.2 Å². The lowest BCUT2D eigenvalue weighted by molar-refractivity contribution is 0.385. The Hall–Kier alpha value is -2.01. The monoisotopic (exact) mass is 295 g/mol. The second-order valence-corrected chi connectivity index (χ2v) is 4.64. The maximum Gasteiger partial charge on any atom is 0.165 e. The molecule has 0 aliphatic heterocycles. The minimum atomic E-state index is -0.607. The lowest BCUT2D eigenvalue weighted by Crippen LogP contribution is -2.20. The molecule has 2 nitrogen and oxygen atoms in total. The van der Waals surface area contributed by atoms with Gasteiger partial charge < -0.3 is 10.1 Å². The van der Waals surface area contributed by atoms with Gasteiger partial charge in [-0.2, -0.15) is 0 Å². The van der Waals surface area contributed by atoms with Gasteiger partial charge in [-0.05, 0) is 43.3 Å². The zero-order valence-electron chi connectivity index (χ0n) is 11.8. The molecule has 0 saturated carbocycles. The summed E-state index contributed by atoms with van der Waals surface area (Å²) >= 11 is 0. The van der Waals surface area contributed by atoms with Gasteiger partial charge in [-0.1, -0.05) is 12.1 Å². The van der Waals surface area contributed by atoms with Gasteiger partial charge in [-0.15, -0.1) is 0 Å². The minimum Gasteiger partial charge on any atom is -0.494 e. The number of rotatable bonds is 5. The van der Waals surface area contributed by atoms with Crippen LogP contribution in [0.25, 0.3) is 0 Å². The quantitative estimate of drug-likeness (QED) is 0.909. The number of halogens is 3. The van der Waals surface area contributed by atoms with Crippen molar-refractivity contribution >= 4 is 0 Å². The second-order valence-electron chi connectivity index (χ2n) is 4.64. The van der Waals surface area contributed by atoms with Crippen LogP contribution in [0.5, 0.6) is 5.75 Å². The van der Waals surface area contributed by atoms with E-state index in [1.807, 2.05) is 0 Å². The predicted molar refractivity (Wildman–Crippen MR) is 74.8 cm³/mol. The lowest BCUT2D eigenvalue weighted by atomic mass is 9.98. The SMILES string of the molecule is CNC(Cc1c(F)cccc1F)c1ccc(OC)c(F)c1. The van der Waals surface area contributed by atoms with Gasteiger partial charge in [0.25, 0.3) is 0 Å². The van der Waals surface area contributed by atoms with Gasteiger partial charge in [0.15, 0.2) is 11.6 Å². The van der Waals surface area contributed by atoms with Crippen LogP contribution in [0.2, 0.25) is 0 Å². The van der Waals surface area contributed by atoms with Crippen LogP contribution in [0.1, 0.15) is 17.2 Å². The zero-order valence-corrected chi connectivity index (χ0v) is 11.8. The Morgan fingerprint density at radius 3 is 2.24 bits per heavy atom. The van der Waals surface area contributed by atoms with Crippen molar-refractivity contribution in [1.29, 1.82) is 0 Å². The summed E-state index contributed by atoms with van der Waals surface area (Å²) in [7, 11) is 3.04. The van der Waals surface area contributed by atoms with Gasteiger partial charge in [0.1, 0.15) is 11.6 Å². The van der Waals surface area contributed by atoms with Gasteiger partial charge in [-0.25, -0.2) is 13.2 Å². The minimum absolute atomic E-state index is 0.0203. The van der Waals surface area contributed by atoms with Crippen molar-refractivity contribution in [2.75, 3.05) is 14.2 Å². The number of benzene rings is 2. The van der Waals surface area contributed by atoms with Gasteiger partial charge in [-0.3, -0.25) is 0 Å². The van der Waals surface area contributed by atoms with E-state index in [-0.39, 0.29) is 17.7 Å². The molecule has 0 radical (unpaired) electrons. The average molecular weight is 295 g/mol. The van der Waals surface area contributed by atoms with Crippen molar-refractivity contribution < 1.29 is 17.9 Å². The first kappa shape index (κ1) is 15.4. The molecular formula is C16H16F3NO. The first-order chi connectivity index (χ1) is 10.1. The van der Waals surface area contributed by atoms with E-state index in [2.05, 4.69) is 5.32 Å². The van der Waals surface area contributed by atoms with Crippen LogP contribution in [-0.2, 0) is 6.42 Å². The lowest BCUT2D eigenvalue weighted by Gasteiger charge is -2.18. The van der Waals surface area contributed by atoms with Gasteiger partial charge >= 0.3 is 0 Å². The summed E-state index contributed by atoms with van der Waals surface area (Å²) in [5, 5.41) is 2.95. The summed E-state index contributed by atoms with van der Waals surface area (Å²) in [5.41, 5.74) is 0.575. The zero-order chi connectivity index (χ0) is 15.4. The Balaban J connectivity index is 2.30. The van der Waals surface area contributed by atoms with E-state index in [1.54, 1.807) is 13.1 Å². The highest BCUT2D eigenvalue weighted by atomic mass is 19.1. The third-order valence-corrected chi connectivity index (χ3v) is 3.40. The maximum atomic E-state index is 13.7. The molecule has 0 aliphatic carbocycles. The number of hydrogen-bond donors (Lipinski definition) is 1. The Bertz CT molecular complexity index is 611. The molecule has 0 spiro atoms. The largest absolute Gasteiger partial charge is 0.494 e. The van der Waals surface area contributed by atoms with Crippen molar-refractivity contribution in [2.45, 2.75) is 12.5 Å². The average Bonchev–Trinajstić information content (AvgIpc) is 2.47. The van der Waals surface area contributed by atoms with Crippen molar-refractivity contribution in [3.05, 3.63) is 65.0 Å². The van der Waals surface area contributed by atoms with Crippen LogP contribution in [0.15, 0.2) is 36.4 Å². The fourth-order valence-corrected chi connectivity index (χ4v) is 2.22. The van der Waals surface area contributed by atoms with Gasteiger partial charge in [0.2, 0.25) is 0 Å². The Kier molecular flexibility index (Phi) is 4.85. The van der Waals surface area contributed by atoms with Crippen LogP contribution < -0.4 is 10.1 Å². The Labute approximate surface area is 121 Å². The first-order valence-corrected chi connectivity index (χ1v) is 6.50. The highest BCUT2D eigenvalue weighted by Crippen LogP contribution is 2.25. The highest BCUT2D eigenvalue weighted by Gasteiger charge is 2.17. The Morgan fingerprint density at radius 2 is 1.71 bits per heavy atom. The molecule has 1 unspecified atom stereocenters. The molecule has 2 aromatic carbocycles. The summed E-state index contributed by atoms with van der Waals surface area (Å²) in [6, 6.07) is 7.79. The predicted octanol–water partition coefficient (Wildman–Crippen LogP) is 3.62. The van der Waals surface area contributed by atoms with E-state index in [9.17, 15) is 13.2 Å². The van der Waals surface area contributed by atoms with Crippen molar-refractivity contribution in [1.82, 2.24) is 5.32 Å². The highest BCUT2D eigenvalue weighted by molar-refractivity contribution is 5.32. The van der Waals surface area contributed by atoms with E-state index < -0.39 is 23.5 Å². The molecule has 0 bridgehead atoms. The van der Waals surface area contributed by atoms with Crippen molar-refractivity contribution in [2.24, 2.45) is 0 Å². The van der Waals surface area contributed by atoms with E-state index in [4.69, 9.17) is 4.74 Å². The van der Waals surface area contributed by atoms with Crippen LogP contribution in [0.3, 0.4) is 0 Å². The summed E-state index contributed by atoms with van der Waals surface area (Å²) < 4.78 is 46.0. The number of likely N-dealkylation sites (N-methyl/N-ethyl adjacent to an activating group) is 1. The van der Waals surface area contributed by atoms with E-state index in [1.165, 1.54) is 37.4 Å². The van der Waals surface area contributed by atoms with Gasteiger partial charge in [0.05, 0.1) is 7.11 Å². The normalized spacial score (nSPS) is 12.2. The summed E-state index contributed by atoms with van der Waals surface area (Å²) in [6.07, 6.45) is 0.0841. The van der Waals surface area contributed by atoms with E-state index in [0.717, 1.165) is 0 Å². The molecule has 0 amide bonds. The molecule has 5 heteroatoms. The molecule has 0 aromatic heterocycles. The number of hydrogen-bond acceptors (Lipinski definition) is 2. The summed E-state index contributed by atoms with van der Waals surface area (Å²) in [5.74, 6) is -1.59. The van der Waals surface area contributed by atoms with Crippen LogP contribution in [0.4, 0.5) is 13.2 Å². The molecule has 2 rings (SSSR count). The van der Waals surface area contributed by atoms with Gasteiger partial charge in [0, 0.05) is 11.6 Å². The number of ether oxygens (including phenoxy) is 1. The maximum absolute atomic E-state index is 13.7. The van der Waals surface area contributed by atoms with Crippen molar-refractivity contribution in [3.8, 4) is 5.75 Å². The molecule has 1 N–H and O–H groups in total. The fourth-order valence-electron chi connectivity index (χ4n) is 2.22. The molecule has 0 fully saturated rings. The molecule has 21 heavy (non-hydrogen) atoms. The molecule has 2 aromatic rings. The topological polar surface area (TPSA) is 21.3 Å². The molecule has 112 valence electrons. The van der Waals surface area contributed by atoms with E-state index in [0.29, 0.717) is 5.56 Å². The molecule has 0 saturated heterocycles. The van der Waals surface area contributed by atoms with Crippen molar-refractivity contribution in [3.63, 3.8) is 0 Å². The van der Waals surface area contributed by atoms with Crippen LogP contribution >= 0.6 is 0 Å². The third kappa shape index (κ3) is 3.36. The molecule has 0 heterocycles. The third-order valence-electron chi connectivity index (χ3n) is 3.40. The molecule has 1 atom stereocenters. The molecule has 0 aliphatic rings. The summed E-state index contributed by atoms with van der Waals surface area (Å²) in [4.78, 5) is 0. The number of nitrogens with one attached hydrogen (secondary N) is 1.